The van der Waals surface area contributed by atoms with Crippen LogP contribution >= 0.6 is 0 Å². The van der Waals surface area contributed by atoms with Crippen molar-refractivity contribution in [1.82, 2.24) is 15.2 Å². The Bertz CT molecular complexity index is 1170. The van der Waals surface area contributed by atoms with Gasteiger partial charge in [-0.25, -0.2) is 4.98 Å². The summed E-state index contributed by atoms with van der Waals surface area (Å²) in [7, 11) is 2.15. The fraction of sp³-hybridized carbons (Fsp3) is 0.280. The molecule has 0 radical (unpaired) electrons. The summed E-state index contributed by atoms with van der Waals surface area (Å²) in [5.41, 5.74) is 12.1. The van der Waals surface area contributed by atoms with E-state index in [1.807, 2.05) is 12.1 Å². The van der Waals surface area contributed by atoms with Gasteiger partial charge in [-0.2, -0.15) is 0 Å². The fourth-order valence-electron chi connectivity index (χ4n) is 4.45. The minimum absolute atomic E-state index is 0.0249. The number of amides is 1. The molecule has 3 aromatic rings. The number of benzene rings is 2. The highest BCUT2D eigenvalue weighted by Gasteiger charge is 2.21. The van der Waals surface area contributed by atoms with Gasteiger partial charge in [-0.05, 0) is 54.9 Å². The molecule has 1 saturated heterocycles. The van der Waals surface area contributed by atoms with Crippen LogP contribution < -0.4 is 16.0 Å². The lowest BCUT2D eigenvalue weighted by molar-refractivity contribution is 0.0945. The van der Waals surface area contributed by atoms with Crippen LogP contribution in [-0.4, -0.2) is 60.7 Å². The number of fused-ring (bicyclic) bond motifs is 1. The maximum absolute atomic E-state index is 12.1. The second-order valence-corrected chi connectivity index (χ2v) is 8.53. The van der Waals surface area contributed by atoms with E-state index < -0.39 is 0 Å². The Morgan fingerprint density at radius 2 is 1.72 bits per heavy atom. The van der Waals surface area contributed by atoms with Crippen LogP contribution in [0.25, 0.3) is 22.3 Å². The monoisotopic (exact) mass is 429 g/mol. The average molecular weight is 430 g/mol. The quantitative estimate of drug-likeness (QED) is 0.593. The third kappa shape index (κ3) is 3.76. The third-order valence-corrected chi connectivity index (χ3v) is 6.42. The molecule has 164 valence electrons. The summed E-state index contributed by atoms with van der Waals surface area (Å²) in [5.74, 6) is 0.212. The van der Waals surface area contributed by atoms with Crippen LogP contribution in [0.1, 0.15) is 15.9 Å². The topological polar surface area (TPSA) is 94.7 Å². The first-order valence-corrected chi connectivity index (χ1v) is 10.9. The number of rotatable bonds is 3. The van der Waals surface area contributed by atoms with Crippen molar-refractivity contribution in [3.63, 3.8) is 0 Å². The lowest BCUT2D eigenvalue weighted by Crippen LogP contribution is -2.44. The molecule has 7 heteroatoms. The van der Waals surface area contributed by atoms with E-state index in [1.54, 1.807) is 6.20 Å². The predicted octanol–water partition coefficient (Wildman–Crippen LogP) is 2.74. The fourth-order valence-corrected chi connectivity index (χ4v) is 4.45. The van der Waals surface area contributed by atoms with Gasteiger partial charge in [0, 0.05) is 66.9 Å². The summed E-state index contributed by atoms with van der Waals surface area (Å²) in [5, 5.41) is 13.5. The van der Waals surface area contributed by atoms with Gasteiger partial charge < -0.3 is 26.0 Å². The maximum atomic E-state index is 12.1. The maximum Gasteiger partial charge on any atom is 0.251 e. The number of phenolic OH excluding ortho intramolecular Hbond substituents is 1. The van der Waals surface area contributed by atoms with Gasteiger partial charge >= 0.3 is 0 Å². The van der Waals surface area contributed by atoms with Crippen LogP contribution in [0.3, 0.4) is 0 Å². The van der Waals surface area contributed by atoms with E-state index in [9.17, 15) is 9.90 Å². The molecule has 32 heavy (non-hydrogen) atoms. The van der Waals surface area contributed by atoms with Crippen molar-refractivity contribution in [2.24, 2.45) is 0 Å². The SMILES string of the molecule is CN1CCN(c2ccc(-c3cnc(N)c(-c4cc5c(cc4O)C(=O)NCC5)c3)cc2)CC1. The number of hydrogen-bond donors (Lipinski definition) is 3. The number of likely N-dealkylation sites (N-methyl/N-ethyl adjacent to an activating group) is 1. The molecule has 2 aliphatic heterocycles. The van der Waals surface area contributed by atoms with Gasteiger partial charge in [0.15, 0.2) is 0 Å². The number of aromatic nitrogens is 1. The van der Waals surface area contributed by atoms with Crippen LogP contribution in [-0.2, 0) is 6.42 Å². The lowest BCUT2D eigenvalue weighted by Gasteiger charge is -2.34. The van der Waals surface area contributed by atoms with Crippen molar-refractivity contribution in [3.8, 4) is 28.0 Å². The average Bonchev–Trinajstić information content (AvgIpc) is 2.81. The molecule has 1 aromatic heterocycles. The van der Waals surface area contributed by atoms with Crippen LogP contribution in [0.15, 0.2) is 48.7 Å². The van der Waals surface area contributed by atoms with E-state index in [2.05, 4.69) is 51.4 Å². The van der Waals surface area contributed by atoms with E-state index >= 15 is 0 Å². The van der Waals surface area contributed by atoms with Gasteiger partial charge in [-0.15, -0.1) is 0 Å². The minimum Gasteiger partial charge on any atom is -0.507 e. The smallest absolute Gasteiger partial charge is 0.251 e. The molecule has 0 atom stereocenters. The number of piperazine rings is 1. The number of pyridine rings is 1. The largest absolute Gasteiger partial charge is 0.507 e. The molecule has 2 aliphatic rings. The first kappa shape index (κ1) is 20.3. The van der Waals surface area contributed by atoms with E-state index in [1.165, 1.54) is 11.8 Å². The van der Waals surface area contributed by atoms with Crippen LogP contribution in [0, 0.1) is 0 Å². The first-order chi connectivity index (χ1) is 15.5. The summed E-state index contributed by atoms with van der Waals surface area (Å²) in [4.78, 5) is 21.2. The molecule has 1 fully saturated rings. The van der Waals surface area contributed by atoms with E-state index in [4.69, 9.17) is 5.73 Å². The second-order valence-electron chi connectivity index (χ2n) is 8.53. The van der Waals surface area contributed by atoms with E-state index in [0.717, 1.165) is 49.3 Å². The van der Waals surface area contributed by atoms with Gasteiger partial charge in [0.05, 0.1) is 0 Å². The van der Waals surface area contributed by atoms with Crippen LogP contribution in [0.5, 0.6) is 5.75 Å². The van der Waals surface area contributed by atoms with Gasteiger partial charge in [-0.1, -0.05) is 12.1 Å². The normalized spacial score (nSPS) is 16.5. The molecule has 7 nitrogen and oxygen atoms in total. The number of nitrogen functional groups attached to an aromatic ring is 1. The number of phenols is 1. The Morgan fingerprint density at radius 1 is 0.969 bits per heavy atom. The van der Waals surface area contributed by atoms with Gasteiger partial charge in [-0.3, -0.25) is 4.79 Å². The number of anilines is 2. The molecule has 3 heterocycles. The Hall–Kier alpha value is -3.58. The van der Waals surface area contributed by atoms with Gasteiger partial charge in [0.2, 0.25) is 0 Å². The van der Waals surface area contributed by atoms with Gasteiger partial charge in [0.1, 0.15) is 11.6 Å². The van der Waals surface area contributed by atoms with Crippen LogP contribution in [0.4, 0.5) is 11.5 Å². The van der Waals surface area contributed by atoms with E-state index in [-0.39, 0.29) is 11.7 Å². The summed E-state index contributed by atoms with van der Waals surface area (Å²) in [6.45, 7) is 4.78. The predicted molar refractivity (Wildman–Crippen MR) is 127 cm³/mol. The molecular weight excluding hydrogens is 402 g/mol. The molecule has 5 rings (SSSR count). The number of nitrogens with two attached hydrogens (primary N) is 1. The number of carbonyl (C=O) groups excluding carboxylic acids is 1. The Morgan fingerprint density at radius 3 is 2.47 bits per heavy atom. The number of carbonyl (C=O) groups is 1. The van der Waals surface area contributed by atoms with Crippen molar-refractivity contribution < 1.29 is 9.90 Å². The molecule has 0 bridgehead atoms. The second kappa shape index (κ2) is 8.16. The molecular formula is C25H27N5O2. The lowest BCUT2D eigenvalue weighted by atomic mass is 9.93. The van der Waals surface area contributed by atoms with Crippen molar-refractivity contribution in [3.05, 3.63) is 59.8 Å². The first-order valence-electron chi connectivity index (χ1n) is 10.9. The third-order valence-electron chi connectivity index (χ3n) is 6.42. The zero-order chi connectivity index (χ0) is 22.2. The molecule has 0 saturated carbocycles. The Labute approximate surface area is 187 Å². The number of hydrogen-bond acceptors (Lipinski definition) is 6. The summed E-state index contributed by atoms with van der Waals surface area (Å²) < 4.78 is 0. The molecule has 0 unspecified atom stereocenters. The molecule has 0 aliphatic carbocycles. The standard InChI is InChI=1S/C25H27N5O2/c1-29-8-10-30(11-9-29)19-4-2-16(3-5-19)18-13-22(24(26)28-15-18)21-12-17-6-7-27-25(32)20(17)14-23(21)31/h2-5,12-15,31H,6-11H2,1H3,(H2,26,28)(H,27,32). The highest BCUT2D eigenvalue weighted by molar-refractivity contribution is 5.98. The van der Waals surface area contributed by atoms with E-state index in [0.29, 0.717) is 29.1 Å². The Balaban J connectivity index is 1.46. The molecule has 1 amide bonds. The Kier molecular flexibility index (Phi) is 5.19. The van der Waals surface area contributed by atoms with Crippen molar-refractivity contribution in [1.29, 1.82) is 0 Å². The highest BCUT2D eigenvalue weighted by atomic mass is 16.3. The van der Waals surface area contributed by atoms with Crippen molar-refractivity contribution >= 4 is 17.4 Å². The zero-order valence-electron chi connectivity index (χ0n) is 18.1. The molecule has 2 aromatic carbocycles. The summed E-state index contributed by atoms with van der Waals surface area (Å²) >= 11 is 0. The molecule has 0 spiro atoms. The zero-order valence-corrected chi connectivity index (χ0v) is 18.1. The van der Waals surface area contributed by atoms with Crippen molar-refractivity contribution in [2.45, 2.75) is 6.42 Å². The summed E-state index contributed by atoms with van der Waals surface area (Å²) in [6, 6.07) is 13.8. The van der Waals surface area contributed by atoms with Crippen molar-refractivity contribution in [2.75, 3.05) is 50.4 Å². The number of nitrogens with one attached hydrogen (secondary N) is 1. The highest BCUT2D eigenvalue weighted by Crippen LogP contribution is 2.37. The van der Waals surface area contributed by atoms with Gasteiger partial charge in [0.25, 0.3) is 5.91 Å². The summed E-state index contributed by atoms with van der Waals surface area (Å²) in [6.07, 6.45) is 2.47. The minimum atomic E-state index is -0.159. The number of aromatic hydroxyl groups is 1. The van der Waals surface area contributed by atoms with Crippen LogP contribution in [0.2, 0.25) is 0 Å². The molecule has 4 N–H and O–H groups in total. The number of nitrogens with zero attached hydrogens (tertiary/aromatic N) is 3.